The highest BCUT2D eigenvalue weighted by Gasteiger charge is 2.53. The average molecular weight is 579 g/mol. The Hall–Kier alpha value is -5.11. The van der Waals surface area contributed by atoms with Crippen molar-refractivity contribution >= 4 is 17.9 Å². The van der Waals surface area contributed by atoms with Crippen LogP contribution in [0.25, 0.3) is 0 Å². The van der Waals surface area contributed by atoms with E-state index in [0.29, 0.717) is 24.5 Å². The van der Waals surface area contributed by atoms with Crippen molar-refractivity contribution in [2.24, 2.45) is 5.92 Å². The Morgan fingerprint density at radius 1 is 0.860 bits per heavy atom. The number of likely N-dealkylation sites (tertiary alicyclic amines) is 1. The van der Waals surface area contributed by atoms with Gasteiger partial charge in [-0.25, -0.2) is 14.5 Å². The summed E-state index contributed by atoms with van der Waals surface area (Å²) in [5.41, 5.74) is 4.86. The predicted octanol–water partition coefficient (Wildman–Crippen LogP) is 6.31. The van der Waals surface area contributed by atoms with Crippen LogP contribution in [0.3, 0.4) is 0 Å². The molecular weight excluding hydrogens is 544 g/mol. The topological polar surface area (TPSA) is 105 Å². The second-order valence-corrected chi connectivity index (χ2v) is 10.6. The van der Waals surface area contributed by atoms with Crippen LogP contribution in [0.5, 0.6) is 11.5 Å². The molecule has 8 heteroatoms. The first-order valence-electron chi connectivity index (χ1n) is 14.2. The van der Waals surface area contributed by atoms with Gasteiger partial charge in [0.1, 0.15) is 11.5 Å². The van der Waals surface area contributed by atoms with Crippen molar-refractivity contribution in [1.29, 1.82) is 0 Å². The van der Waals surface area contributed by atoms with Gasteiger partial charge in [0.25, 0.3) is 0 Å². The van der Waals surface area contributed by atoms with E-state index in [9.17, 15) is 19.5 Å². The van der Waals surface area contributed by atoms with Gasteiger partial charge in [-0.15, -0.1) is 0 Å². The van der Waals surface area contributed by atoms with Crippen LogP contribution in [0.1, 0.15) is 51.1 Å². The van der Waals surface area contributed by atoms with Gasteiger partial charge in [0.05, 0.1) is 24.1 Å². The molecule has 8 nitrogen and oxygen atoms in total. The van der Waals surface area contributed by atoms with Gasteiger partial charge in [-0.1, -0.05) is 77.9 Å². The van der Waals surface area contributed by atoms with Gasteiger partial charge in [0.2, 0.25) is 5.91 Å². The summed E-state index contributed by atoms with van der Waals surface area (Å²) in [6.07, 6.45) is -0.620. The van der Waals surface area contributed by atoms with Crippen molar-refractivity contribution in [2.75, 3.05) is 6.61 Å². The first-order chi connectivity index (χ1) is 20.7. The van der Waals surface area contributed by atoms with Crippen molar-refractivity contribution in [1.82, 2.24) is 10.2 Å². The van der Waals surface area contributed by atoms with Gasteiger partial charge >= 0.3 is 12.0 Å². The number of nitrogens with zero attached hydrogens (tertiary/aromatic N) is 1. The Balaban J connectivity index is 1.44. The number of ether oxygens (including phenoxy) is 2. The number of rotatable bonds is 10. The summed E-state index contributed by atoms with van der Waals surface area (Å²) in [4.78, 5) is 39.9. The van der Waals surface area contributed by atoms with Gasteiger partial charge < -0.3 is 19.9 Å². The van der Waals surface area contributed by atoms with Crippen LogP contribution in [0.4, 0.5) is 4.79 Å². The molecule has 1 saturated heterocycles. The SMILES string of the molecule is CCOc1ccccc1C[C@@H]1C(=O)N(C(=O)NC(c2ccc(C)cc2)c2ccc(C)cc2)[C@H]1Oc1ccc(C(=O)O)cc1. The number of carbonyl (C=O) groups excluding carboxylic acids is 2. The zero-order valence-corrected chi connectivity index (χ0v) is 24.3. The molecule has 0 unspecified atom stereocenters. The zero-order valence-electron chi connectivity index (χ0n) is 24.3. The summed E-state index contributed by atoms with van der Waals surface area (Å²) in [5, 5.41) is 12.3. The second-order valence-electron chi connectivity index (χ2n) is 10.6. The number of carboxylic acid groups (broad SMARTS) is 1. The predicted molar refractivity (Wildman–Crippen MR) is 162 cm³/mol. The number of hydrogen-bond donors (Lipinski definition) is 2. The maximum atomic E-state index is 13.8. The Bertz CT molecular complexity index is 1550. The molecule has 1 heterocycles. The molecule has 2 N–H and O–H groups in total. The second kappa shape index (κ2) is 12.8. The molecule has 0 bridgehead atoms. The number of nitrogens with one attached hydrogen (secondary N) is 1. The fraction of sp³-hybridized carbons (Fsp3) is 0.229. The number of imide groups is 1. The first-order valence-corrected chi connectivity index (χ1v) is 14.2. The van der Waals surface area contributed by atoms with E-state index in [0.717, 1.165) is 32.7 Å². The Morgan fingerprint density at radius 3 is 2.00 bits per heavy atom. The normalized spacial score (nSPS) is 16.0. The minimum absolute atomic E-state index is 0.105. The lowest BCUT2D eigenvalue weighted by atomic mass is 9.88. The lowest BCUT2D eigenvalue weighted by Crippen LogP contribution is -2.68. The summed E-state index contributed by atoms with van der Waals surface area (Å²) in [6, 6.07) is 28.1. The highest BCUT2D eigenvalue weighted by atomic mass is 16.5. The molecule has 5 rings (SSSR count). The van der Waals surface area contributed by atoms with E-state index < -0.39 is 30.2 Å². The number of para-hydroxylation sites is 1. The molecular formula is C35H34N2O6. The summed E-state index contributed by atoms with van der Waals surface area (Å²) in [5.74, 6) is -1.08. The van der Waals surface area contributed by atoms with Crippen molar-refractivity contribution in [2.45, 2.75) is 39.5 Å². The minimum Gasteiger partial charge on any atom is -0.494 e. The Morgan fingerprint density at radius 2 is 1.44 bits per heavy atom. The van der Waals surface area contributed by atoms with Gasteiger partial charge in [-0.3, -0.25) is 4.79 Å². The third kappa shape index (κ3) is 6.54. The van der Waals surface area contributed by atoms with Crippen molar-refractivity contribution in [3.63, 3.8) is 0 Å². The number of aryl methyl sites for hydroxylation is 2. The van der Waals surface area contributed by atoms with Crippen LogP contribution in [-0.4, -0.2) is 40.7 Å². The van der Waals surface area contributed by atoms with Crippen molar-refractivity contribution in [3.8, 4) is 11.5 Å². The highest BCUT2D eigenvalue weighted by molar-refractivity contribution is 6.01. The van der Waals surface area contributed by atoms with E-state index in [4.69, 9.17) is 9.47 Å². The molecule has 0 spiro atoms. The quantitative estimate of drug-likeness (QED) is 0.214. The lowest BCUT2D eigenvalue weighted by Gasteiger charge is -2.45. The molecule has 0 aliphatic carbocycles. The van der Waals surface area contributed by atoms with Crippen molar-refractivity contribution < 1.29 is 29.0 Å². The zero-order chi connectivity index (χ0) is 30.5. The summed E-state index contributed by atoms with van der Waals surface area (Å²) >= 11 is 0. The molecule has 43 heavy (non-hydrogen) atoms. The molecule has 0 saturated carbocycles. The fourth-order valence-corrected chi connectivity index (χ4v) is 5.15. The molecule has 220 valence electrons. The number of aromatic carboxylic acids is 1. The van der Waals surface area contributed by atoms with Crippen LogP contribution >= 0.6 is 0 Å². The third-order valence-electron chi connectivity index (χ3n) is 7.53. The van der Waals surface area contributed by atoms with E-state index in [-0.39, 0.29) is 11.5 Å². The summed E-state index contributed by atoms with van der Waals surface area (Å²) < 4.78 is 12.0. The van der Waals surface area contributed by atoms with E-state index in [1.807, 2.05) is 93.6 Å². The third-order valence-corrected chi connectivity index (χ3v) is 7.53. The molecule has 2 atom stereocenters. The van der Waals surface area contributed by atoms with Crippen LogP contribution in [0.15, 0.2) is 97.1 Å². The van der Waals surface area contributed by atoms with E-state index in [2.05, 4.69) is 5.32 Å². The van der Waals surface area contributed by atoms with Crippen LogP contribution in [0.2, 0.25) is 0 Å². The van der Waals surface area contributed by atoms with Gasteiger partial charge in [0, 0.05) is 0 Å². The monoisotopic (exact) mass is 578 g/mol. The lowest BCUT2D eigenvalue weighted by molar-refractivity contribution is -0.166. The summed E-state index contributed by atoms with van der Waals surface area (Å²) in [7, 11) is 0. The average Bonchev–Trinajstić information content (AvgIpc) is 3.00. The van der Waals surface area contributed by atoms with Crippen LogP contribution in [0, 0.1) is 19.8 Å². The molecule has 0 aromatic heterocycles. The van der Waals surface area contributed by atoms with Gasteiger partial charge in [-0.05, 0) is 74.2 Å². The summed E-state index contributed by atoms with van der Waals surface area (Å²) in [6.45, 7) is 6.36. The number of hydrogen-bond acceptors (Lipinski definition) is 5. The number of amides is 3. The standard InChI is InChI=1S/C35H34N2O6/c1-4-42-30-8-6-5-7-27(30)21-29-32(38)37(33(29)43-28-19-17-26(18-20-28)34(39)40)35(41)36-31(24-13-9-22(2)10-14-24)25-15-11-23(3)12-16-25/h5-20,29,31,33H,4,21H2,1-3H3,(H,36,41)(H,39,40)/t29-,33+/m1/s1. The first kappa shape index (κ1) is 29.4. The fourth-order valence-electron chi connectivity index (χ4n) is 5.15. The highest BCUT2D eigenvalue weighted by Crippen LogP contribution is 2.35. The number of urea groups is 1. The molecule has 1 aliphatic rings. The Kier molecular flexibility index (Phi) is 8.76. The van der Waals surface area contributed by atoms with Gasteiger partial charge in [0.15, 0.2) is 6.23 Å². The molecule has 4 aromatic carbocycles. The van der Waals surface area contributed by atoms with E-state index in [1.165, 1.54) is 24.3 Å². The van der Waals surface area contributed by atoms with E-state index >= 15 is 0 Å². The largest absolute Gasteiger partial charge is 0.494 e. The number of benzene rings is 4. The minimum atomic E-state index is -1.06. The van der Waals surface area contributed by atoms with E-state index in [1.54, 1.807) is 0 Å². The van der Waals surface area contributed by atoms with Gasteiger partial charge in [-0.2, -0.15) is 0 Å². The molecule has 1 aliphatic heterocycles. The maximum absolute atomic E-state index is 13.8. The number of carboxylic acids is 1. The van der Waals surface area contributed by atoms with Crippen LogP contribution in [-0.2, 0) is 11.2 Å². The van der Waals surface area contributed by atoms with Crippen molar-refractivity contribution in [3.05, 3.63) is 130 Å². The Labute approximate surface area is 250 Å². The molecule has 1 fully saturated rings. The smallest absolute Gasteiger partial charge is 0.335 e. The number of β-lactam (4-membered cyclic amide) rings is 1. The molecule has 3 amide bonds. The number of carbonyl (C=O) groups is 3. The molecule has 4 aromatic rings. The van der Waals surface area contributed by atoms with Crippen LogP contribution < -0.4 is 14.8 Å². The molecule has 0 radical (unpaired) electrons. The maximum Gasteiger partial charge on any atom is 0.335 e.